The standard InChI is InChI=1S/C23H28N4O2/c1-5-29-18-12-27(13-18)23(28)20-10-19-15(3)16(4)25-21(19)22(26-20)24-11-17-9-7-6-8-14(17)2/h6-10,18,25H,5,11-13H2,1-4H3,(H,24,26). The topological polar surface area (TPSA) is 70.2 Å². The van der Waals surface area contributed by atoms with Crippen molar-refractivity contribution in [1.29, 1.82) is 0 Å². The highest BCUT2D eigenvalue weighted by Gasteiger charge is 2.32. The van der Waals surface area contributed by atoms with Gasteiger partial charge in [0, 0.05) is 37.3 Å². The van der Waals surface area contributed by atoms with E-state index < -0.39 is 0 Å². The summed E-state index contributed by atoms with van der Waals surface area (Å²) in [6, 6.07) is 10.2. The molecule has 4 rings (SSSR count). The third kappa shape index (κ3) is 3.72. The first-order valence-corrected chi connectivity index (χ1v) is 10.2. The maximum absolute atomic E-state index is 13.0. The second-order valence-electron chi connectivity index (χ2n) is 7.72. The molecule has 3 heterocycles. The maximum atomic E-state index is 13.0. The van der Waals surface area contributed by atoms with E-state index in [1.165, 1.54) is 11.1 Å². The summed E-state index contributed by atoms with van der Waals surface area (Å²) >= 11 is 0. The minimum Gasteiger partial charge on any atom is -0.375 e. The van der Waals surface area contributed by atoms with E-state index in [-0.39, 0.29) is 12.0 Å². The molecule has 0 atom stereocenters. The lowest BCUT2D eigenvalue weighted by Gasteiger charge is -2.38. The first-order chi connectivity index (χ1) is 14.0. The largest absolute Gasteiger partial charge is 0.375 e. The van der Waals surface area contributed by atoms with Gasteiger partial charge < -0.3 is 19.9 Å². The highest BCUT2D eigenvalue weighted by atomic mass is 16.5. The number of nitrogens with one attached hydrogen (secondary N) is 2. The molecule has 1 saturated heterocycles. The van der Waals surface area contributed by atoms with Gasteiger partial charge in [-0.3, -0.25) is 4.79 Å². The average Bonchev–Trinajstić information content (AvgIpc) is 2.97. The molecule has 3 aromatic rings. The van der Waals surface area contributed by atoms with Crippen LogP contribution in [-0.2, 0) is 11.3 Å². The summed E-state index contributed by atoms with van der Waals surface area (Å²) in [7, 11) is 0. The Balaban J connectivity index is 1.63. The number of hydrogen-bond acceptors (Lipinski definition) is 4. The fourth-order valence-electron chi connectivity index (χ4n) is 3.78. The molecule has 1 aliphatic rings. The van der Waals surface area contributed by atoms with Crippen molar-refractivity contribution < 1.29 is 9.53 Å². The monoisotopic (exact) mass is 392 g/mol. The number of nitrogens with zero attached hydrogens (tertiary/aromatic N) is 2. The van der Waals surface area contributed by atoms with Crippen molar-refractivity contribution in [2.75, 3.05) is 25.0 Å². The van der Waals surface area contributed by atoms with E-state index in [9.17, 15) is 4.79 Å². The second-order valence-corrected chi connectivity index (χ2v) is 7.72. The summed E-state index contributed by atoms with van der Waals surface area (Å²) in [5, 5.41) is 4.48. The number of fused-ring (bicyclic) bond motifs is 1. The summed E-state index contributed by atoms with van der Waals surface area (Å²) in [5.74, 6) is 0.673. The Kier molecular flexibility index (Phi) is 5.28. The van der Waals surface area contributed by atoms with Gasteiger partial charge in [-0.1, -0.05) is 24.3 Å². The highest BCUT2D eigenvalue weighted by molar-refractivity contribution is 6.01. The molecule has 1 amide bonds. The van der Waals surface area contributed by atoms with Gasteiger partial charge in [0.05, 0.1) is 11.6 Å². The number of rotatable bonds is 6. The van der Waals surface area contributed by atoms with Crippen LogP contribution in [0.4, 0.5) is 5.82 Å². The SMILES string of the molecule is CCOC1CN(C(=O)c2cc3c(C)c(C)[nH]c3c(NCc3ccccc3C)n2)C1. The lowest BCUT2D eigenvalue weighted by atomic mass is 10.1. The number of pyridine rings is 1. The summed E-state index contributed by atoms with van der Waals surface area (Å²) in [5.41, 5.74) is 6.09. The Morgan fingerprint density at radius 2 is 2.03 bits per heavy atom. The molecular weight excluding hydrogens is 364 g/mol. The molecule has 0 spiro atoms. The normalized spacial score (nSPS) is 14.3. The number of aryl methyl sites for hydroxylation is 3. The molecule has 0 saturated carbocycles. The van der Waals surface area contributed by atoms with Crippen molar-refractivity contribution in [2.45, 2.75) is 40.3 Å². The van der Waals surface area contributed by atoms with Gasteiger partial charge in [-0.25, -0.2) is 4.98 Å². The summed E-state index contributed by atoms with van der Waals surface area (Å²) in [6.45, 7) is 10.8. The van der Waals surface area contributed by atoms with Crippen LogP contribution >= 0.6 is 0 Å². The number of anilines is 1. The van der Waals surface area contributed by atoms with E-state index in [4.69, 9.17) is 9.72 Å². The van der Waals surface area contributed by atoms with Crippen molar-refractivity contribution in [2.24, 2.45) is 0 Å². The molecule has 29 heavy (non-hydrogen) atoms. The van der Waals surface area contributed by atoms with E-state index in [1.54, 1.807) is 4.90 Å². The molecule has 1 aromatic carbocycles. The molecule has 1 aliphatic heterocycles. The number of H-pyrrole nitrogens is 1. The Hall–Kier alpha value is -2.86. The van der Waals surface area contributed by atoms with E-state index in [1.807, 2.05) is 32.0 Å². The summed E-state index contributed by atoms with van der Waals surface area (Å²) in [6.07, 6.45) is 0.141. The molecule has 0 radical (unpaired) electrons. The molecule has 152 valence electrons. The Labute approximate surface area is 171 Å². The molecule has 6 nitrogen and oxygen atoms in total. The van der Waals surface area contributed by atoms with Gasteiger partial charge in [0.2, 0.25) is 0 Å². The highest BCUT2D eigenvalue weighted by Crippen LogP contribution is 2.29. The number of likely N-dealkylation sites (tertiary alicyclic amines) is 1. The first kappa shape index (κ1) is 19.5. The van der Waals surface area contributed by atoms with E-state index >= 15 is 0 Å². The minimum atomic E-state index is -0.0416. The number of ether oxygens (including phenoxy) is 1. The van der Waals surface area contributed by atoms with Crippen molar-refractivity contribution in [3.63, 3.8) is 0 Å². The predicted octanol–water partition coefficient (Wildman–Crippen LogP) is 3.96. The lowest BCUT2D eigenvalue weighted by Crippen LogP contribution is -2.54. The van der Waals surface area contributed by atoms with Gasteiger partial charge >= 0.3 is 0 Å². The van der Waals surface area contributed by atoms with E-state index in [0.29, 0.717) is 37.8 Å². The number of aromatic amines is 1. The van der Waals surface area contributed by atoms with Gasteiger partial charge in [0.1, 0.15) is 5.69 Å². The van der Waals surface area contributed by atoms with Crippen LogP contribution in [0.25, 0.3) is 10.9 Å². The van der Waals surface area contributed by atoms with Crippen LogP contribution in [0.3, 0.4) is 0 Å². The van der Waals surface area contributed by atoms with Gasteiger partial charge in [-0.15, -0.1) is 0 Å². The predicted molar refractivity (Wildman–Crippen MR) is 115 cm³/mol. The summed E-state index contributed by atoms with van der Waals surface area (Å²) < 4.78 is 5.58. The zero-order valence-corrected chi connectivity index (χ0v) is 17.5. The third-order valence-electron chi connectivity index (χ3n) is 5.76. The quantitative estimate of drug-likeness (QED) is 0.666. The van der Waals surface area contributed by atoms with Crippen molar-refractivity contribution in [1.82, 2.24) is 14.9 Å². The molecule has 2 N–H and O–H groups in total. The van der Waals surface area contributed by atoms with Crippen LogP contribution in [0, 0.1) is 20.8 Å². The maximum Gasteiger partial charge on any atom is 0.272 e. The van der Waals surface area contributed by atoms with Crippen molar-refractivity contribution >= 4 is 22.6 Å². The molecule has 6 heteroatoms. The Morgan fingerprint density at radius 1 is 1.28 bits per heavy atom. The van der Waals surface area contributed by atoms with Gasteiger partial charge in [0.15, 0.2) is 5.82 Å². The molecule has 0 aliphatic carbocycles. The second kappa shape index (κ2) is 7.87. The molecular formula is C23H28N4O2. The average molecular weight is 393 g/mol. The fourth-order valence-corrected chi connectivity index (χ4v) is 3.78. The van der Waals surface area contributed by atoms with Crippen LogP contribution < -0.4 is 5.32 Å². The lowest BCUT2D eigenvalue weighted by molar-refractivity contribution is -0.0380. The van der Waals surface area contributed by atoms with Crippen LogP contribution in [-0.4, -0.2) is 46.6 Å². The molecule has 0 unspecified atom stereocenters. The van der Waals surface area contributed by atoms with Crippen molar-refractivity contribution in [3.8, 4) is 0 Å². The summed E-state index contributed by atoms with van der Waals surface area (Å²) in [4.78, 5) is 22.9. The number of carbonyl (C=O) groups excluding carboxylic acids is 1. The third-order valence-corrected chi connectivity index (χ3v) is 5.76. The zero-order valence-electron chi connectivity index (χ0n) is 17.5. The van der Waals surface area contributed by atoms with Crippen molar-refractivity contribution in [3.05, 3.63) is 58.4 Å². The van der Waals surface area contributed by atoms with Gasteiger partial charge in [0.25, 0.3) is 5.91 Å². The number of hydrogen-bond donors (Lipinski definition) is 2. The zero-order chi connectivity index (χ0) is 20.5. The van der Waals surface area contributed by atoms with Crippen LogP contribution in [0.15, 0.2) is 30.3 Å². The molecule has 2 aromatic heterocycles. The minimum absolute atomic E-state index is 0.0416. The number of aromatic nitrogens is 2. The Morgan fingerprint density at radius 3 is 2.76 bits per heavy atom. The van der Waals surface area contributed by atoms with E-state index in [2.05, 4.69) is 36.3 Å². The van der Waals surface area contributed by atoms with Gasteiger partial charge in [-0.2, -0.15) is 0 Å². The molecule has 1 fully saturated rings. The first-order valence-electron chi connectivity index (χ1n) is 10.2. The van der Waals surface area contributed by atoms with Crippen LogP contribution in [0.2, 0.25) is 0 Å². The fraction of sp³-hybridized carbons (Fsp3) is 0.391. The van der Waals surface area contributed by atoms with Crippen LogP contribution in [0.1, 0.15) is 39.8 Å². The van der Waals surface area contributed by atoms with E-state index in [0.717, 1.165) is 22.2 Å². The van der Waals surface area contributed by atoms with Gasteiger partial charge in [-0.05, 0) is 50.5 Å². The van der Waals surface area contributed by atoms with Crippen LogP contribution in [0.5, 0.6) is 0 Å². The smallest absolute Gasteiger partial charge is 0.272 e. The number of carbonyl (C=O) groups is 1. The number of amides is 1. The number of benzene rings is 1. The Bertz CT molecular complexity index is 1050. The molecule has 0 bridgehead atoms.